The van der Waals surface area contributed by atoms with E-state index in [4.69, 9.17) is 5.11 Å². The molecule has 0 bridgehead atoms. The number of rotatable bonds is 7. The maximum Gasteiger partial charge on any atom is 0.322 e. The monoisotopic (exact) mass is 393 g/mol. The van der Waals surface area contributed by atoms with Crippen LogP contribution in [0.4, 0.5) is 0 Å². The number of benzene rings is 2. The fourth-order valence-corrected chi connectivity index (χ4v) is 3.67. The lowest BCUT2D eigenvalue weighted by molar-refractivity contribution is -0.138. The van der Waals surface area contributed by atoms with Crippen molar-refractivity contribution >= 4 is 22.8 Å². The Morgan fingerprint density at radius 1 is 1.07 bits per heavy atom. The first-order valence-corrected chi connectivity index (χ1v) is 9.55. The number of nitrogens with one attached hydrogen (secondary N) is 1. The number of aliphatic hydroxyl groups excluding tert-OH is 1. The fraction of sp³-hybridized carbons (Fsp3) is 0.273. The molecule has 2 aromatic carbocycles. The summed E-state index contributed by atoms with van der Waals surface area (Å²) in [5.74, 6) is -1.40. The molecule has 0 aliphatic carbocycles. The Hall–Kier alpha value is -3.16. The van der Waals surface area contributed by atoms with Gasteiger partial charge in [-0.2, -0.15) is 0 Å². The van der Waals surface area contributed by atoms with Gasteiger partial charge in [0.05, 0.1) is 6.10 Å². The summed E-state index contributed by atoms with van der Waals surface area (Å²) in [7, 11) is 0. The van der Waals surface area contributed by atoms with Crippen LogP contribution in [0.1, 0.15) is 5.56 Å². The minimum absolute atomic E-state index is 0.0670. The van der Waals surface area contributed by atoms with Crippen LogP contribution >= 0.6 is 0 Å². The van der Waals surface area contributed by atoms with Crippen LogP contribution in [0, 0.1) is 0 Å². The Labute approximate surface area is 168 Å². The quantitative estimate of drug-likeness (QED) is 0.568. The van der Waals surface area contributed by atoms with Gasteiger partial charge in [0.15, 0.2) is 0 Å². The minimum Gasteiger partial charge on any atom is -0.480 e. The van der Waals surface area contributed by atoms with E-state index in [1.54, 1.807) is 0 Å². The van der Waals surface area contributed by atoms with Gasteiger partial charge >= 0.3 is 5.97 Å². The van der Waals surface area contributed by atoms with Crippen LogP contribution in [-0.2, 0) is 22.7 Å². The fourth-order valence-electron chi connectivity index (χ4n) is 3.67. The van der Waals surface area contributed by atoms with E-state index in [2.05, 4.69) is 34.5 Å². The van der Waals surface area contributed by atoms with Gasteiger partial charge < -0.3 is 20.1 Å². The number of fused-ring (bicyclic) bond motifs is 1. The molecule has 7 nitrogen and oxygen atoms in total. The molecule has 0 atom stereocenters. The molecule has 1 fully saturated rings. The maximum absolute atomic E-state index is 12.0. The standard InChI is InChI=1S/C22H23N3O4/c26-19-12-24(13-19)11-15-2-1-3-17(8-15)18-5-4-16-6-7-25(20(16)9-18)14-21(27)23-10-22(28)29/h1-9,19,26H,10-14H2,(H,23,27)(H,28,29). The predicted molar refractivity (Wildman–Crippen MR) is 109 cm³/mol. The highest BCUT2D eigenvalue weighted by molar-refractivity contribution is 5.88. The number of aliphatic hydroxyl groups is 1. The van der Waals surface area contributed by atoms with Crippen molar-refractivity contribution in [3.05, 3.63) is 60.3 Å². The molecule has 0 radical (unpaired) electrons. The molecule has 3 aromatic rings. The van der Waals surface area contributed by atoms with Crippen LogP contribution in [0.25, 0.3) is 22.0 Å². The Balaban J connectivity index is 1.54. The summed E-state index contributed by atoms with van der Waals surface area (Å²) in [5.41, 5.74) is 4.25. The lowest BCUT2D eigenvalue weighted by Gasteiger charge is -2.35. The smallest absolute Gasteiger partial charge is 0.322 e. The van der Waals surface area contributed by atoms with E-state index in [0.29, 0.717) is 13.1 Å². The van der Waals surface area contributed by atoms with Crippen molar-refractivity contribution in [3.63, 3.8) is 0 Å². The topological polar surface area (TPSA) is 94.8 Å². The van der Waals surface area contributed by atoms with Gasteiger partial charge in [0.25, 0.3) is 0 Å². The molecule has 2 heterocycles. The van der Waals surface area contributed by atoms with Crippen LogP contribution in [0.2, 0.25) is 0 Å². The first kappa shape index (κ1) is 19.2. The normalized spacial score (nSPS) is 14.7. The summed E-state index contributed by atoms with van der Waals surface area (Å²) in [4.78, 5) is 24.8. The van der Waals surface area contributed by atoms with Crippen molar-refractivity contribution in [1.29, 1.82) is 0 Å². The van der Waals surface area contributed by atoms with Gasteiger partial charge in [-0.25, -0.2) is 0 Å². The zero-order valence-corrected chi connectivity index (χ0v) is 15.9. The summed E-state index contributed by atoms with van der Waals surface area (Å²) in [5, 5.41) is 21.6. The summed E-state index contributed by atoms with van der Waals surface area (Å²) in [6.07, 6.45) is 1.63. The number of hydrogen-bond donors (Lipinski definition) is 3. The van der Waals surface area contributed by atoms with Crippen molar-refractivity contribution in [2.75, 3.05) is 19.6 Å². The molecular weight excluding hydrogens is 370 g/mol. The molecule has 29 heavy (non-hydrogen) atoms. The molecule has 1 aliphatic rings. The summed E-state index contributed by atoms with van der Waals surface area (Å²) >= 11 is 0. The van der Waals surface area contributed by atoms with Gasteiger partial charge in [-0.3, -0.25) is 14.5 Å². The highest BCUT2D eigenvalue weighted by Crippen LogP contribution is 2.26. The molecule has 1 aromatic heterocycles. The number of carboxylic acids is 1. The van der Waals surface area contributed by atoms with E-state index >= 15 is 0 Å². The third-order valence-corrected chi connectivity index (χ3v) is 5.13. The zero-order chi connectivity index (χ0) is 20.4. The van der Waals surface area contributed by atoms with Crippen LogP contribution in [-0.4, -0.2) is 57.3 Å². The van der Waals surface area contributed by atoms with Crippen LogP contribution in [0.3, 0.4) is 0 Å². The molecule has 1 saturated heterocycles. The molecular formula is C22H23N3O4. The van der Waals surface area contributed by atoms with E-state index in [9.17, 15) is 14.7 Å². The van der Waals surface area contributed by atoms with E-state index < -0.39 is 5.97 Å². The lowest BCUT2D eigenvalue weighted by Crippen LogP contribution is -2.49. The number of carboxylic acid groups (broad SMARTS) is 1. The van der Waals surface area contributed by atoms with E-state index in [-0.39, 0.29) is 25.1 Å². The summed E-state index contributed by atoms with van der Waals surface area (Å²) in [6, 6.07) is 16.4. The Bertz CT molecular complexity index is 1050. The Morgan fingerprint density at radius 2 is 1.86 bits per heavy atom. The van der Waals surface area contributed by atoms with Crippen LogP contribution in [0.5, 0.6) is 0 Å². The first-order chi connectivity index (χ1) is 14.0. The van der Waals surface area contributed by atoms with E-state index in [0.717, 1.165) is 28.6 Å². The second kappa shape index (κ2) is 8.06. The van der Waals surface area contributed by atoms with Crippen molar-refractivity contribution in [2.24, 2.45) is 0 Å². The van der Waals surface area contributed by atoms with Gasteiger partial charge in [0.2, 0.25) is 5.91 Å². The average molecular weight is 393 g/mol. The summed E-state index contributed by atoms with van der Waals surface area (Å²) < 4.78 is 1.82. The van der Waals surface area contributed by atoms with Gasteiger partial charge in [-0.05, 0) is 40.3 Å². The van der Waals surface area contributed by atoms with Crippen LogP contribution in [0.15, 0.2) is 54.7 Å². The van der Waals surface area contributed by atoms with Crippen molar-refractivity contribution < 1.29 is 19.8 Å². The van der Waals surface area contributed by atoms with Crippen LogP contribution < -0.4 is 5.32 Å². The molecule has 3 N–H and O–H groups in total. The van der Waals surface area contributed by atoms with E-state index in [1.165, 1.54) is 5.56 Å². The first-order valence-electron chi connectivity index (χ1n) is 9.55. The molecule has 0 saturated carbocycles. The van der Waals surface area contributed by atoms with Gasteiger partial charge in [0, 0.05) is 31.3 Å². The molecule has 1 aliphatic heterocycles. The zero-order valence-electron chi connectivity index (χ0n) is 15.9. The number of carbonyl (C=O) groups excluding carboxylic acids is 1. The predicted octanol–water partition coefficient (Wildman–Crippen LogP) is 1.69. The molecule has 0 unspecified atom stereocenters. The van der Waals surface area contributed by atoms with Crippen molar-refractivity contribution in [2.45, 2.75) is 19.2 Å². The number of aliphatic carboxylic acids is 1. The largest absolute Gasteiger partial charge is 0.480 e. The average Bonchev–Trinajstić information content (AvgIpc) is 3.07. The highest BCUT2D eigenvalue weighted by Gasteiger charge is 2.23. The Kier molecular flexibility index (Phi) is 5.33. The van der Waals surface area contributed by atoms with Gasteiger partial charge in [0.1, 0.15) is 13.1 Å². The van der Waals surface area contributed by atoms with Crippen molar-refractivity contribution in [1.82, 2.24) is 14.8 Å². The number of likely N-dealkylation sites (tertiary alicyclic amines) is 1. The van der Waals surface area contributed by atoms with E-state index in [1.807, 2.05) is 35.0 Å². The second-order valence-corrected chi connectivity index (χ2v) is 7.44. The SMILES string of the molecule is O=C(O)CNC(=O)Cn1ccc2ccc(-c3cccc(CN4CC(O)C4)c3)cc21. The van der Waals surface area contributed by atoms with Crippen molar-refractivity contribution in [3.8, 4) is 11.1 Å². The molecule has 4 rings (SSSR count). The third-order valence-electron chi connectivity index (χ3n) is 5.13. The molecule has 1 amide bonds. The molecule has 7 heteroatoms. The maximum atomic E-state index is 12.0. The lowest BCUT2D eigenvalue weighted by atomic mass is 10.0. The summed E-state index contributed by atoms with van der Waals surface area (Å²) in [6.45, 7) is 1.93. The number of hydrogen-bond acceptors (Lipinski definition) is 4. The number of nitrogens with zero attached hydrogens (tertiary/aromatic N) is 2. The number of carbonyl (C=O) groups is 2. The number of aromatic nitrogens is 1. The second-order valence-electron chi connectivity index (χ2n) is 7.44. The third kappa shape index (κ3) is 4.47. The minimum atomic E-state index is -1.06. The Morgan fingerprint density at radius 3 is 2.62 bits per heavy atom. The highest BCUT2D eigenvalue weighted by atomic mass is 16.4. The van der Waals surface area contributed by atoms with Gasteiger partial charge in [-0.1, -0.05) is 30.3 Å². The molecule has 0 spiro atoms. The number of amides is 1. The molecule has 150 valence electrons. The number of β-amino-alcohol motifs (C(OH)–C–C–N with tert-alkyl or cyclic N) is 1. The van der Waals surface area contributed by atoms with Gasteiger partial charge in [-0.15, -0.1) is 0 Å².